The van der Waals surface area contributed by atoms with Crippen LogP contribution in [0.3, 0.4) is 0 Å². The van der Waals surface area contributed by atoms with E-state index in [0.717, 1.165) is 32.0 Å². The largest absolute Gasteiger partial charge is 0.489 e. The first-order valence-corrected chi connectivity index (χ1v) is 10.5. The van der Waals surface area contributed by atoms with E-state index in [-0.39, 0.29) is 12.0 Å². The third-order valence-electron chi connectivity index (χ3n) is 5.65. The number of carbonyl (C=O) groups excluding carboxylic acids is 1. The second-order valence-corrected chi connectivity index (χ2v) is 7.95. The van der Waals surface area contributed by atoms with Crippen LogP contribution < -0.4 is 10.1 Å². The molecule has 1 aromatic carbocycles. The smallest absolute Gasteiger partial charge is 0.251 e. The molecule has 0 radical (unpaired) electrons. The van der Waals surface area contributed by atoms with Crippen molar-refractivity contribution in [2.24, 2.45) is 0 Å². The van der Waals surface area contributed by atoms with Crippen molar-refractivity contribution in [2.45, 2.75) is 57.1 Å². The van der Waals surface area contributed by atoms with Gasteiger partial charge in [-0.2, -0.15) is 0 Å². The zero-order valence-corrected chi connectivity index (χ0v) is 17.0. The quantitative estimate of drug-likeness (QED) is 0.713. The average Bonchev–Trinajstić information content (AvgIpc) is 2.71. The van der Waals surface area contributed by atoms with Crippen LogP contribution in [0, 0.1) is 0 Å². The highest BCUT2D eigenvalue weighted by Gasteiger charge is 2.27. The van der Waals surface area contributed by atoms with Gasteiger partial charge in [-0.25, -0.2) is 0 Å². The van der Waals surface area contributed by atoms with Gasteiger partial charge in [0.15, 0.2) is 0 Å². The number of nitrogens with one attached hydrogen (secondary N) is 1. The first kappa shape index (κ1) is 20.4. The fourth-order valence-electron chi connectivity index (χ4n) is 4.09. The second kappa shape index (κ2) is 10.3. The fourth-order valence-corrected chi connectivity index (χ4v) is 4.32. The van der Waals surface area contributed by atoms with Crippen molar-refractivity contribution in [1.29, 1.82) is 0 Å². The molecule has 1 aliphatic carbocycles. The topological polar surface area (TPSA) is 50.8 Å². The van der Waals surface area contributed by atoms with Crippen LogP contribution in [0.2, 0.25) is 5.02 Å². The molecule has 0 atom stereocenters. The van der Waals surface area contributed by atoms with Gasteiger partial charge in [0.2, 0.25) is 0 Å². The molecule has 5 nitrogen and oxygen atoms in total. The van der Waals surface area contributed by atoms with Crippen molar-refractivity contribution in [1.82, 2.24) is 10.2 Å². The van der Waals surface area contributed by atoms with E-state index >= 15 is 0 Å². The van der Waals surface area contributed by atoms with Gasteiger partial charge in [-0.3, -0.25) is 4.79 Å². The number of ether oxygens (including phenoxy) is 2. The van der Waals surface area contributed by atoms with Crippen molar-refractivity contribution in [2.75, 3.05) is 33.4 Å². The van der Waals surface area contributed by atoms with Gasteiger partial charge in [-0.15, -0.1) is 0 Å². The van der Waals surface area contributed by atoms with Crippen LogP contribution in [-0.2, 0) is 4.74 Å². The molecule has 0 spiro atoms. The molecule has 2 fully saturated rings. The van der Waals surface area contributed by atoms with Gasteiger partial charge in [0.05, 0.1) is 11.6 Å². The average molecular weight is 395 g/mol. The number of carbonyl (C=O) groups is 1. The van der Waals surface area contributed by atoms with E-state index < -0.39 is 0 Å². The van der Waals surface area contributed by atoms with Crippen LogP contribution in [0.5, 0.6) is 5.75 Å². The van der Waals surface area contributed by atoms with E-state index in [1.54, 1.807) is 25.3 Å². The highest BCUT2D eigenvalue weighted by atomic mass is 35.5. The van der Waals surface area contributed by atoms with E-state index in [2.05, 4.69) is 10.2 Å². The Labute approximate surface area is 167 Å². The molecule has 0 unspecified atom stereocenters. The fraction of sp³-hybridized carbons (Fsp3) is 0.667. The number of nitrogens with zero attached hydrogens (tertiary/aromatic N) is 1. The van der Waals surface area contributed by atoms with Crippen molar-refractivity contribution in [3.63, 3.8) is 0 Å². The van der Waals surface area contributed by atoms with Crippen molar-refractivity contribution in [3.8, 4) is 5.75 Å². The van der Waals surface area contributed by atoms with E-state index in [9.17, 15) is 4.79 Å². The summed E-state index contributed by atoms with van der Waals surface area (Å²) in [5.41, 5.74) is 0.538. The number of methoxy groups -OCH3 is 1. The second-order valence-electron chi connectivity index (χ2n) is 7.54. The summed E-state index contributed by atoms with van der Waals surface area (Å²) in [7, 11) is 1.61. The Balaban J connectivity index is 1.48. The van der Waals surface area contributed by atoms with Gasteiger partial charge in [0.1, 0.15) is 11.9 Å². The highest BCUT2D eigenvalue weighted by Crippen LogP contribution is 2.30. The van der Waals surface area contributed by atoms with Crippen molar-refractivity contribution >= 4 is 17.5 Å². The number of likely N-dealkylation sites (tertiary alicyclic amines) is 1. The lowest BCUT2D eigenvalue weighted by Crippen LogP contribution is -2.44. The normalized spacial score (nSPS) is 19.8. The van der Waals surface area contributed by atoms with Crippen molar-refractivity contribution < 1.29 is 14.3 Å². The van der Waals surface area contributed by atoms with Crippen LogP contribution in [-0.4, -0.2) is 56.3 Å². The number of piperidine rings is 1. The third kappa shape index (κ3) is 5.84. The molecule has 1 saturated heterocycles. The lowest BCUT2D eigenvalue weighted by atomic mass is 9.92. The highest BCUT2D eigenvalue weighted by molar-refractivity contribution is 6.32. The number of hydrogen-bond donors (Lipinski definition) is 1. The summed E-state index contributed by atoms with van der Waals surface area (Å²) in [4.78, 5) is 14.7. The van der Waals surface area contributed by atoms with Crippen LogP contribution in [0.25, 0.3) is 0 Å². The Kier molecular flexibility index (Phi) is 7.80. The number of rotatable bonds is 7. The Bertz CT molecular complexity index is 611. The SMILES string of the molecule is COCCNC(=O)c1ccc(OC2CCN(C3CCCCC3)CC2)c(Cl)c1. The Morgan fingerprint density at radius 1 is 1.19 bits per heavy atom. The molecule has 1 aliphatic heterocycles. The summed E-state index contributed by atoms with van der Waals surface area (Å²) in [5.74, 6) is 0.516. The summed E-state index contributed by atoms with van der Waals surface area (Å²) in [6, 6.07) is 6.02. The zero-order valence-electron chi connectivity index (χ0n) is 16.2. The molecule has 0 aromatic heterocycles. The Hall–Kier alpha value is -1.30. The first-order valence-electron chi connectivity index (χ1n) is 10.1. The molecule has 27 heavy (non-hydrogen) atoms. The summed E-state index contributed by atoms with van der Waals surface area (Å²) in [6.45, 7) is 3.17. The third-order valence-corrected chi connectivity index (χ3v) is 5.94. The van der Waals surface area contributed by atoms with E-state index in [4.69, 9.17) is 21.1 Å². The van der Waals surface area contributed by atoms with Gasteiger partial charge >= 0.3 is 0 Å². The van der Waals surface area contributed by atoms with Crippen LogP contribution in [0.4, 0.5) is 0 Å². The molecule has 1 saturated carbocycles. The number of hydrogen-bond acceptors (Lipinski definition) is 4. The molecule has 1 heterocycles. The molecule has 3 rings (SSSR count). The Morgan fingerprint density at radius 3 is 2.59 bits per heavy atom. The predicted octanol–water partition coefficient (Wildman–Crippen LogP) is 3.89. The van der Waals surface area contributed by atoms with Gasteiger partial charge < -0.3 is 19.7 Å². The molecule has 1 amide bonds. The number of amides is 1. The van der Waals surface area contributed by atoms with Crippen LogP contribution in [0.15, 0.2) is 18.2 Å². The lowest BCUT2D eigenvalue weighted by molar-refractivity contribution is 0.0631. The number of benzene rings is 1. The van der Waals surface area contributed by atoms with Gasteiger partial charge in [0.25, 0.3) is 5.91 Å². The summed E-state index contributed by atoms with van der Waals surface area (Å²) >= 11 is 6.36. The summed E-state index contributed by atoms with van der Waals surface area (Å²) in [5, 5.41) is 3.28. The van der Waals surface area contributed by atoms with Gasteiger partial charge in [-0.1, -0.05) is 30.9 Å². The predicted molar refractivity (Wildman–Crippen MR) is 108 cm³/mol. The summed E-state index contributed by atoms with van der Waals surface area (Å²) < 4.78 is 11.1. The number of halogens is 1. The molecule has 0 bridgehead atoms. The minimum absolute atomic E-state index is 0.152. The molecule has 2 aliphatic rings. The van der Waals surface area contributed by atoms with E-state index in [1.807, 2.05) is 0 Å². The lowest BCUT2D eigenvalue weighted by Gasteiger charge is -2.39. The summed E-state index contributed by atoms with van der Waals surface area (Å²) in [6.07, 6.45) is 9.12. The molecule has 1 N–H and O–H groups in total. The Morgan fingerprint density at radius 2 is 1.93 bits per heavy atom. The van der Waals surface area contributed by atoms with Gasteiger partial charge in [-0.05, 0) is 43.9 Å². The maximum Gasteiger partial charge on any atom is 0.251 e. The van der Waals surface area contributed by atoms with E-state index in [0.29, 0.717) is 29.5 Å². The minimum atomic E-state index is -0.152. The van der Waals surface area contributed by atoms with E-state index in [1.165, 1.54) is 32.1 Å². The molecular formula is C21H31ClN2O3. The molecule has 6 heteroatoms. The maximum absolute atomic E-state index is 12.1. The van der Waals surface area contributed by atoms with Crippen LogP contribution in [0.1, 0.15) is 55.3 Å². The van der Waals surface area contributed by atoms with Gasteiger partial charge in [0, 0.05) is 38.3 Å². The molecular weight excluding hydrogens is 364 g/mol. The van der Waals surface area contributed by atoms with Crippen LogP contribution >= 0.6 is 11.6 Å². The zero-order chi connectivity index (χ0) is 19.1. The first-order chi connectivity index (χ1) is 13.2. The molecule has 150 valence electrons. The van der Waals surface area contributed by atoms with Crippen molar-refractivity contribution in [3.05, 3.63) is 28.8 Å². The standard InChI is InChI=1S/C21H31ClN2O3/c1-26-14-11-23-21(25)16-7-8-20(19(22)15-16)27-18-9-12-24(13-10-18)17-5-3-2-4-6-17/h7-8,15,17-18H,2-6,9-14H2,1H3,(H,23,25). The molecule has 1 aromatic rings. The minimum Gasteiger partial charge on any atom is -0.489 e. The maximum atomic E-state index is 12.1. The monoisotopic (exact) mass is 394 g/mol.